The number of alkyl halides is 1. The van der Waals surface area contributed by atoms with Crippen LogP contribution in [0.3, 0.4) is 0 Å². The highest BCUT2D eigenvalue weighted by atomic mass is 19.1. The summed E-state index contributed by atoms with van der Waals surface area (Å²) in [4.78, 5) is 13.1. The molecule has 0 spiro atoms. The van der Waals surface area contributed by atoms with Gasteiger partial charge in [-0.25, -0.2) is 18.0 Å². The monoisotopic (exact) mass is 488 g/mol. The summed E-state index contributed by atoms with van der Waals surface area (Å²) in [7, 11) is 1.20. The molecule has 10 heteroatoms. The SMILES string of the molecule is COC(=O)/C=C/c1cc(F)c(C2c3ccc(C(=[NH2+])N=NN)cc3CC(C)N2CC(C)(C)F)c(F)c1. The van der Waals surface area contributed by atoms with Crippen LogP contribution in [0.1, 0.15) is 54.6 Å². The molecule has 2 atom stereocenters. The number of methoxy groups -OCH3 is 1. The van der Waals surface area contributed by atoms with Gasteiger partial charge in [-0.2, -0.15) is 0 Å². The van der Waals surface area contributed by atoms with E-state index in [1.165, 1.54) is 27.0 Å². The van der Waals surface area contributed by atoms with Crippen LogP contribution in [0.5, 0.6) is 0 Å². The fourth-order valence-electron chi connectivity index (χ4n) is 4.39. The van der Waals surface area contributed by atoms with Gasteiger partial charge in [0.15, 0.2) is 0 Å². The van der Waals surface area contributed by atoms with Crippen molar-refractivity contribution in [3.8, 4) is 0 Å². The Balaban J connectivity index is 2.16. The number of halogens is 3. The number of amidine groups is 1. The standard InChI is InChI=1S/C25H28F3N5O2/c1-14-9-17-12-16(24(29)31-32-30)6-7-18(17)23(33(14)13-25(2,3)28)22-19(26)10-15(11-20(22)27)5-8-21(34)35-4/h5-8,10-12,14,23H,9,13H2,1-4H3,(H3,29,30,31)/p+1/b8-5+. The van der Waals surface area contributed by atoms with Crippen LogP contribution in [0.4, 0.5) is 13.2 Å². The van der Waals surface area contributed by atoms with E-state index >= 15 is 8.78 Å². The lowest BCUT2D eigenvalue weighted by molar-refractivity contribution is -0.134. The predicted octanol–water partition coefficient (Wildman–Crippen LogP) is 3.07. The summed E-state index contributed by atoms with van der Waals surface area (Å²) in [6, 6.07) is 6.29. The summed E-state index contributed by atoms with van der Waals surface area (Å²) < 4.78 is 50.2. The number of hydrogen-bond acceptors (Lipinski definition) is 4. The van der Waals surface area contributed by atoms with Gasteiger partial charge in [0.25, 0.3) is 0 Å². The Morgan fingerprint density at radius 2 is 1.94 bits per heavy atom. The largest absolute Gasteiger partial charge is 0.466 e. The number of ether oxygens (including phenoxy) is 1. The molecule has 7 nitrogen and oxygen atoms in total. The average Bonchev–Trinajstić information content (AvgIpc) is 2.77. The van der Waals surface area contributed by atoms with Crippen LogP contribution in [0, 0.1) is 11.6 Å². The molecule has 0 bridgehead atoms. The molecule has 1 aliphatic rings. The number of esters is 1. The zero-order valence-electron chi connectivity index (χ0n) is 20.1. The zero-order chi connectivity index (χ0) is 25.9. The molecule has 0 radical (unpaired) electrons. The van der Waals surface area contributed by atoms with E-state index in [9.17, 15) is 9.18 Å². The molecule has 0 saturated carbocycles. The molecule has 2 aromatic rings. The van der Waals surface area contributed by atoms with Crippen molar-refractivity contribution < 1.29 is 28.1 Å². The first-order valence-corrected chi connectivity index (χ1v) is 11.0. The Morgan fingerprint density at radius 1 is 1.29 bits per heavy atom. The maximum atomic E-state index is 15.5. The van der Waals surface area contributed by atoms with Crippen LogP contribution in [0.25, 0.3) is 6.08 Å². The Kier molecular flexibility index (Phi) is 7.74. The molecular weight excluding hydrogens is 459 g/mol. The molecule has 0 aliphatic carbocycles. The van der Waals surface area contributed by atoms with E-state index in [0.717, 1.165) is 23.8 Å². The molecule has 0 aromatic heterocycles. The third-order valence-electron chi connectivity index (χ3n) is 5.86. The van der Waals surface area contributed by atoms with Gasteiger partial charge in [0.1, 0.15) is 17.3 Å². The summed E-state index contributed by atoms with van der Waals surface area (Å²) in [5.41, 5.74) is 0.331. The van der Waals surface area contributed by atoms with E-state index in [1.807, 2.05) is 6.92 Å². The van der Waals surface area contributed by atoms with Crippen molar-refractivity contribution in [2.24, 2.45) is 16.2 Å². The van der Waals surface area contributed by atoms with Crippen molar-refractivity contribution in [3.05, 3.63) is 75.9 Å². The second kappa shape index (κ2) is 10.4. The van der Waals surface area contributed by atoms with Gasteiger partial charge in [0, 0.05) is 29.4 Å². The first-order valence-electron chi connectivity index (χ1n) is 11.0. The Morgan fingerprint density at radius 3 is 2.51 bits per heavy atom. The lowest BCUT2D eigenvalue weighted by atomic mass is 9.83. The van der Waals surface area contributed by atoms with Crippen LogP contribution in [0.2, 0.25) is 0 Å². The fraction of sp³-hybridized carbons (Fsp3) is 0.360. The van der Waals surface area contributed by atoms with Gasteiger partial charge in [-0.1, -0.05) is 6.07 Å². The topological polar surface area (TPSA) is 106 Å². The Bertz CT molecular complexity index is 1170. The summed E-state index contributed by atoms with van der Waals surface area (Å²) in [6.45, 7) is 4.69. The summed E-state index contributed by atoms with van der Waals surface area (Å²) in [5, 5.41) is 12.8. The molecule has 0 saturated heterocycles. The molecule has 0 fully saturated rings. The molecule has 0 amide bonds. The van der Waals surface area contributed by atoms with Crippen LogP contribution in [-0.4, -0.2) is 42.1 Å². The first kappa shape index (κ1) is 26.1. The first-order chi connectivity index (χ1) is 16.4. The minimum Gasteiger partial charge on any atom is -0.466 e. The van der Waals surface area contributed by atoms with E-state index in [4.69, 9.17) is 11.3 Å². The minimum absolute atomic E-state index is 0.0431. The maximum absolute atomic E-state index is 15.5. The van der Waals surface area contributed by atoms with Gasteiger partial charge in [-0.15, -0.1) is 0 Å². The second-order valence-electron chi connectivity index (χ2n) is 9.12. The van der Waals surface area contributed by atoms with Gasteiger partial charge < -0.3 is 4.74 Å². The molecular formula is C25H29F3N5O2+. The lowest BCUT2D eigenvalue weighted by Crippen LogP contribution is -2.48. The number of fused-ring (bicyclic) bond motifs is 1. The van der Waals surface area contributed by atoms with E-state index in [0.29, 0.717) is 17.5 Å². The van der Waals surface area contributed by atoms with E-state index in [2.05, 4.69) is 15.1 Å². The van der Waals surface area contributed by atoms with Crippen LogP contribution in [0.15, 0.2) is 46.7 Å². The smallest absolute Gasteiger partial charge is 0.350 e. The van der Waals surface area contributed by atoms with E-state index in [-0.39, 0.29) is 29.5 Å². The quantitative estimate of drug-likeness (QED) is 0.124. The van der Waals surface area contributed by atoms with Crippen molar-refractivity contribution in [1.82, 2.24) is 4.90 Å². The van der Waals surface area contributed by atoms with Gasteiger partial charge in [-0.3, -0.25) is 16.2 Å². The van der Waals surface area contributed by atoms with Crippen molar-refractivity contribution in [3.63, 3.8) is 0 Å². The zero-order valence-corrected chi connectivity index (χ0v) is 20.1. The fourth-order valence-corrected chi connectivity index (χ4v) is 4.39. The summed E-state index contributed by atoms with van der Waals surface area (Å²) in [5.74, 6) is 2.92. The molecule has 2 unspecified atom stereocenters. The summed E-state index contributed by atoms with van der Waals surface area (Å²) >= 11 is 0. The van der Waals surface area contributed by atoms with Crippen molar-refractivity contribution in [2.75, 3.05) is 13.7 Å². The number of carbonyl (C=O) groups excluding carboxylic acids is 1. The van der Waals surface area contributed by atoms with Gasteiger partial charge in [0.05, 0.1) is 23.8 Å². The molecule has 4 N–H and O–H groups in total. The third-order valence-corrected chi connectivity index (χ3v) is 5.86. The number of rotatable bonds is 6. The second-order valence-corrected chi connectivity index (χ2v) is 9.12. The number of nitrogens with two attached hydrogens (primary N) is 2. The van der Waals surface area contributed by atoms with Crippen LogP contribution in [-0.2, 0) is 16.0 Å². The maximum Gasteiger partial charge on any atom is 0.350 e. The van der Waals surface area contributed by atoms with Gasteiger partial charge in [-0.05, 0) is 74.2 Å². The highest BCUT2D eigenvalue weighted by molar-refractivity contribution is 5.94. The van der Waals surface area contributed by atoms with Gasteiger partial charge in [0.2, 0.25) is 0 Å². The van der Waals surface area contributed by atoms with Crippen LogP contribution < -0.4 is 11.3 Å². The molecule has 186 valence electrons. The lowest BCUT2D eigenvalue weighted by Gasteiger charge is -2.44. The number of carbonyl (C=O) groups is 1. The number of nitrogens with zero attached hydrogens (tertiary/aromatic N) is 3. The molecule has 2 aromatic carbocycles. The molecule has 35 heavy (non-hydrogen) atoms. The predicted molar refractivity (Wildman–Crippen MR) is 126 cm³/mol. The van der Waals surface area contributed by atoms with Crippen molar-refractivity contribution in [1.29, 1.82) is 0 Å². The average molecular weight is 489 g/mol. The Hall–Kier alpha value is -3.53. The van der Waals surface area contributed by atoms with Crippen molar-refractivity contribution >= 4 is 17.9 Å². The number of benzene rings is 2. The Labute approximate surface area is 202 Å². The normalized spacial score (nSPS) is 18.7. The summed E-state index contributed by atoms with van der Waals surface area (Å²) in [6.07, 6.45) is 2.84. The third kappa shape index (κ3) is 5.94. The molecule has 1 aliphatic heterocycles. The highest BCUT2D eigenvalue weighted by Gasteiger charge is 2.39. The van der Waals surface area contributed by atoms with E-state index < -0.39 is 29.3 Å². The van der Waals surface area contributed by atoms with Crippen LogP contribution >= 0.6 is 0 Å². The number of hydrogen-bond donors (Lipinski definition) is 2. The molecule has 1 heterocycles. The van der Waals surface area contributed by atoms with E-state index in [1.54, 1.807) is 23.1 Å². The van der Waals surface area contributed by atoms with Crippen molar-refractivity contribution in [2.45, 2.75) is 44.9 Å². The molecule has 3 rings (SSSR count). The minimum atomic E-state index is -1.61. The van der Waals surface area contributed by atoms with Gasteiger partial charge >= 0.3 is 11.8 Å². The highest BCUT2D eigenvalue weighted by Crippen LogP contribution is 2.41.